The fraction of sp³-hybridized carbons (Fsp3) is 0.143. The molecule has 0 saturated heterocycles. The Morgan fingerprint density at radius 3 is 2.61 bits per heavy atom. The minimum absolute atomic E-state index is 0.206. The number of para-hydroxylation sites is 1. The second kappa shape index (κ2) is 6.23. The third-order valence-electron chi connectivity index (χ3n) is 2.54. The van der Waals surface area contributed by atoms with E-state index in [0.717, 1.165) is 10.0 Å². The van der Waals surface area contributed by atoms with Crippen LogP contribution in [0.15, 0.2) is 53.0 Å². The monoisotopic (exact) mass is 325 g/mol. The van der Waals surface area contributed by atoms with Gasteiger partial charge in [0.25, 0.3) is 0 Å². The predicted octanol–water partition coefficient (Wildman–Crippen LogP) is 4.18. The Labute approximate surface area is 120 Å². The average molecular weight is 327 g/mol. The zero-order chi connectivity index (χ0) is 13.0. The van der Waals surface area contributed by atoms with Crippen LogP contribution < -0.4 is 10.5 Å². The molecule has 0 aliphatic rings. The molecule has 1 unspecified atom stereocenters. The van der Waals surface area contributed by atoms with Crippen molar-refractivity contribution in [2.75, 3.05) is 6.54 Å². The van der Waals surface area contributed by atoms with E-state index in [-0.39, 0.29) is 6.10 Å². The smallest absolute Gasteiger partial charge is 0.138 e. The Kier molecular flexibility index (Phi) is 4.64. The molecule has 2 aromatic rings. The van der Waals surface area contributed by atoms with Crippen molar-refractivity contribution < 1.29 is 4.74 Å². The highest BCUT2D eigenvalue weighted by atomic mass is 79.9. The van der Waals surface area contributed by atoms with Gasteiger partial charge in [-0.1, -0.05) is 51.8 Å². The Morgan fingerprint density at radius 1 is 1.17 bits per heavy atom. The zero-order valence-electron chi connectivity index (χ0n) is 9.64. The molecule has 2 N–H and O–H groups in total. The van der Waals surface area contributed by atoms with Gasteiger partial charge in [-0.3, -0.25) is 0 Å². The summed E-state index contributed by atoms with van der Waals surface area (Å²) in [5.41, 5.74) is 6.79. The first kappa shape index (κ1) is 13.4. The van der Waals surface area contributed by atoms with Crippen LogP contribution in [0.1, 0.15) is 11.7 Å². The number of benzene rings is 2. The molecule has 4 heteroatoms. The van der Waals surface area contributed by atoms with Crippen molar-refractivity contribution in [2.24, 2.45) is 5.73 Å². The highest BCUT2D eigenvalue weighted by Crippen LogP contribution is 2.29. The standard InChI is InChI=1S/C14H13BrClNO/c15-11-5-3-4-10(8-11)14(9-17)18-13-7-2-1-6-12(13)16/h1-8,14H,9,17H2. The first-order chi connectivity index (χ1) is 8.70. The van der Waals surface area contributed by atoms with E-state index in [1.165, 1.54) is 0 Å². The lowest BCUT2D eigenvalue weighted by molar-refractivity contribution is 0.214. The molecule has 0 aromatic heterocycles. The van der Waals surface area contributed by atoms with Gasteiger partial charge in [0.2, 0.25) is 0 Å². The fourth-order valence-corrected chi connectivity index (χ4v) is 2.25. The molecule has 0 aliphatic heterocycles. The second-order valence-electron chi connectivity index (χ2n) is 3.83. The minimum Gasteiger partial charge on any atom is -0.483 e. The van der Waals surface area contributed by atoms with Gasteiger partial charge in [0.1, 0.15) is 11.9 Å². The summed E-state index contributed by atoms with van der Waals surface area (Å²) in [6.07, 6.45) is -0.206. The maximum Gasteiger partial charge on any atom is 0.138 e. The highest BCUT2D eigenvalue weighted by Gasteiger charge is 2.13. The minimum atomic E-state index is -0.206. The third-order valence-corrected chi connectivity index (χ3v) is 3.35. The molecule has 1 atom stereocenters. The van der Waals surface area contributed by atoms with Crippen LogP contribution in [0.5, 0.6) is 5.75 Å². The molecule has 2 nitrogen and oxygen atoms in total. The van der Waals surface area contributed by atoms with E-state index >= 15 is 0 Å². The van der Waals surface area contributed by atoms with Gasteiger partial charge in [-0.05, 0) is 29.8 Å². The predicted molar refractivity (Wildman–Crippen MR) is 78.0 cm³/mol. The molecule has 94 valence electrons. The molecule has 2 aromatic carbocycles. The molecule has 0 amide bonds. The van der Waals surface area contributed by atoms with Crippen molar-refractivity contribution in [2.45, 2.75) is 6.10 Å². The number of nitrogens with two attached hydrogens (primary N) is 1. The zero-order valence-corrected chi connectivity index (χ0v) is 12.0. The molecule has 0 fully saturated rings. The highest BCUT2D eigenvalue weighted by molar-refractivity contribution is 9.10. The first-order valence-corrected chi connectivity index (χ1v) is 6.74. The SMILES string of the molecule is NCC(Oc1ccccc1Cl)c1cccc(Br)c1. The summed E-state index contributed by atoms with van der Waals surface area (Å²) in [6, 6.07) is 15.3. The van der Waals surface area contributed by atoms with Crippen molar-refractivity contribution in [3.8, 4) is 5.75 Å². The Bertz CT molecular complexity index is 533. The molecular weight excluding hydrogens is 314 g/mol. The molecule has 0 saturated carbocycles. The summed E-state index contributed by atoms with van der Waals surface area (Å²) in [5, 5.41) is 0.589. The first-order valence-electron chi connectivity index (χ1n) is 5.57. The number of hydrogen-bond donors (Lipinski definition) is 1. The van der Waals surface area contributed by atoms with Crippen molar-refractivity contribution in [1.82, 2.24) is 0 Å². The van der Waals surface area contributed by atoms with E-state index in [0.29, 0.717) is 17.3 Å². The Balaban J connectivity index is 2.23. The molecular formula is C14H13BrClNO. The van der Waals surface area contributed by atoms with Crippen LogP contribution in [-0.4, -0.2) is 6.54 Å². The van der Waals surface area contributed by atoms with Gasteiger partial charge in [0.05, 0.1) is 5.02 Å². The van der Waals surface area contributed by atoms with E-state index in [4.69, 9.17) is 22.1 Å². The van der Waals surface area contributed by atoms with Crippen LogP contribution in [0, 0.1) is 0 Å². The Hall–Kier alpha value is -1.03. The van der Waals surface area contributed by atoms with Gasteiger partial charge in [0.15, 0.2) is 0 Å². The maximum absolute atomic E-state index is 6.07. The summed E-state index contributed by atoms with van der Waals surface area (Å²) in [4.78, 5) is 0. The van der Waals surface area contributed by atoms with Crippen molar-refractivity contribution in [1.29, 1.82) is 0 Å². The average Bonchev–Trinajstić information content (AvgIpc) is 2.38. The largest absolute Gasteiger partial charge is 0.483 e. The van der Waals surface area contributed by atoms with Crippen LogP contribution in [0.2, 0.25) is 5.02 Å². The number of hydrogen-bond acceptors (Lipinski definition) is 2. The summed E-state index contributed by atoms with van der Waals surface area (Å²) < 4.78 is 6.86. The molecule has 0 radical (unpaired) electrons. The van der Waals surface area contributed by atoms with Crippen LogP contribution in [0.3, 0.4) is 0 Å². The van der Waals surface area contributed by atoms with E-state index in [1.54, 1.807) is 6.07 Å². The van der Waals surface area contributed by atoms with Gasteiger partial charge < -0.3 is 10.5 Å². The van der Waals surface area contributed by atoms with Crippen LogP contribution >= 0.6 is 27.5 Å². The summed E-state index contributed by atoms with van der Waals surface area (Å²) in [7, 11) is 0. The van der Waals surface area contributed by atoms with Crippen molar-refractivity contribution in [3.05, 3.63) is 63.6 Å². The molecule has 2 rings (SSSR count). The summed E-state index contributed by atoms with van der Waals surface area (Å²) in [6.45, 7) is 0.391. The van der Waals surface area contributed by atoms with E-state index in [9.17, 15) is 0 Å². The normalized spacial score (nSPS) is 12.2. The lowest BCUT2D eigenvalue weighted by Crippen LogP contribution is -2.18. The third kappa shape index (κ3) is 3.25. The van der Waals surface area contributed by atoms with Gasteiger partial charge >= 0.3 is 0 Å². The van der Waals surface area contributed by atoms with Gasteiger partial charge in [-0.15, -0.1) is 0 Å². The fourth-order valence-electron chi connectivity index (χ4n) is 1.65. The lowest BCUT2D eigenvalue weighted by Gasteiger charge is -2.18. The molecule has 18 heavy (non-hydrogen) atoms. The number of ether oxygens (including phenoxy) is 1. The van der Waals surface area contributed by atoms with Gasteiger partial charge in [-0.25, -0.2) is 0 Å². The lowest BCUT2D eigenvalue weighted by atomic mass is 10.1. The van der Waals surface area contributed by atoms with E-state index in [2.05, 4.69) is 15.9 Å². The molecule has 0 aliphatic carbocycles. The summed E-state index contributed by atoms with van der Waals surface area (Å²) >= 11 is 9.51. The number of rotatable bonds is 4. The quantitative estimate of drug-likeness (QED) is 0.914. The number of halogens is 2. The Morgan fingerprint density at radius 2 is 1.94 bits per heavy atom. The van der Waals surface area contributed by atoms with Gasteiger partial charge in [0, 0.05) is 11.0 Å². The van der Waals surface area contributed by atoms with Crippen molar-refractivity contribution in [3.63, 3.8) is 0 Å². The van der Waals surface area contributed by atoms with Crippen LogP contribution in [0.4, 0.5) is 0 Å². The van der Waals surface area contributed by atoms with Crippen molar-refractivity contribution >= 4 is 27.5 Å². The van der Waals surface area contributed by atoms with Gasteiger partial charge in [-0.2, -0.15) is 0 Å². The van der Waals surface area contributed by atoms with E-state index in [1.807, 2.05) is 42.5 Å². The van der Waals surface area contributed by atoms with Crippen LogP contribution in [0.25, 0.3) is 0 Å². The second-order valence-corrected chi connectivity index (χ2v) is 5.15. The molecule has 0 spiro atoms. The topological polar surface area (TPSA) is 35.2 Å². The maximum atomic E-state index is 6.07. The summed E-state index contributed by atoms with van der Waals surface area (Å²) in [5.74, 6) is 0.648. The van der Waals surface area contributed by atoms with E-state index < -0.39 is 0 Å². The molecule has 0 bridgehead atoms. The van der Waals surface area contributed by atoms with Crippen LogP contribution in [-0.2, 0) is 0 Å². The molecule has 0 heterocycles.